The van der Waals surface area contributed by atoms with Gasteiger partial charge < -0.3 is 10.5 Å². The van der Waals surface area contributed by atoms with Gasteiger partial charge in [-0.25, -0.2) is 4.98 Å². The maximum absolute atomic E-state index is 5.45. The number of ether oxygens (including phenoxy) is 1. The Hall–Kier alpha value is -1.16. The summed E-state index contributed by atoms with van der Waals surface area (Å²) in [6.45, 7) is 1.87. The fourth-order valence-corrected chi connectivity index (χ4v) is 1.00. The molecule has 12 heavy (non-hydrogen) atoms. The van der Waals surface area contributed by atoms with Gasteiger partial charge in [0.2, 0.25) is 5.88 Å². The van der Waals surface area contributed by atoms with Crippen LogP contribution in [-0.4, -0.2) is 17.1 Å². The fraction of sp³-hybridized carbons (Fsp3) is 0.250. The van der Waals surface area contributed by atoms with Crippen LogP contribution >= 0.6 is 12.2 Å². The maximum Gasteiger partial charge on any atom is 0.213 e. The van der Waals surface area contributed by atoms with Crippen LogP contribution in [-0.2, 0) is 0 Å². The van der Waals surface area contributed by atoms with E-state index in [2.05, 4.69) is 4.98 Å². The predicted octanol–water partition coefficient (Wildman–Crippen LogP) is 1.03. The molecule has 0 unspecified atom stereocenters. The minimum Gasteiger partial charge on any atom is -0.481 e. The predicted molar refractivity (Wildman–Crippen MR) is 51.4 cm³/mol. The molecule has 1 aromatic heterocycles. The van der Waals surface area contributed by atoms with Crippen LogP contribution in [0.3, 0.4) is 0 Å². The van der Waals surface area contributed by atoms with Crippen LogP contribution in [0.25, 0.3) is 0 Å². The highest BCUT2D eigenvalue weighted by atomic mass is 32.1. The number of nitrogens with two attached hydrogens (primary N) is 1. The van der Waals surface area contributed by atoms with Gasteiger partial charge in [0.15, 0.2) is 0 Å². The molecule has 3 nitrogen and oxygen atoms in total. The lowest BCUT2D eigenvalue weighted by Crippen LogP contribution is -2.10. The van der Waals surface area contributed by atoms with Crippen molar-refractivity contribution in [2.24, 2.45) is 5.73 Å². The lowest BCUT2D eigenvalue weighted by atomic mass is 10.2. The van der Waals surface area contributed by atoms with Gasteiger partial charge >= 0.3 is 0 Å². The number of aryl methyl sites for hydroxylation is 1. The van der Waals surface area contributed by atoms with E-state index in [4.69, 9.17) is 22.7 Å². The van der Waals surface area contributed by atoms with E-state index in [1.165, 1.54) is 0 Å². The summed E-state index contributed by atoms with van der Waals surface area (Å²) in [6, 6.07) is 3.54. The first kappa shape index (κ1) is 8.93. The highest BCUT2D eigenvalue weighted by molar-refractivity contribution is 7.80. The molecule has 0 radical (unpaired) electrons. The first-order chi connectivity index (χ1) is 5.63. The molecule has 0 saturated carbocycles. The summed E-state index contributed by atoms with van der Waals surface area (Å²) in [5.74, 6) is 0.540. The van der Waals surface area contributed by atoms with Gasteiger partial charge in [0.1, 0.15) is 4.99 Å². The van der Waals surface area contributed by atoms with E-state index in [9.17, 15) is 0 Å². The highest BCUT2D eigenvalue weighted by Crippen LogP contribution is 2.11. The van der Waals surface area contributed by atoms with Crippen molar-refractivity contribution >= 4 is 17.2 Å². The largest absolute Gasteiger partial charge is 0.481 e. The van der Waals surface area contributed by atoms with Crippen molar-refractivity contribution < 1.29 is 4.74 Å². The Labute approximate surface area is 76.6 Å². The Morgan fingerprint density at radius 3 is 2.75 bits per heavy atom. The van der Waals surface area contributed by atoms with Crippen LogP contribution in [0.4, 0.5) is 0 Å². The van der Waals surface area contributed by atoms with E-state index in [-0.39, 0.29) is 0 Å². The van der Waals surface area contributed by atoms with Crippen LogP contribution in [0.15, 0.2) is 12.1 Å². The normalized spacial score (nSPS) is 9.50. The minimum absolute atomic E-state index is 0.360. The van der Waals surface area contributed by atoms with Gasteiger partial charge in [-0.05, 0) is 13.0 Å². The van der Waals surface area contributed by atoms with Gasteiger partial charge in [-0.2, -0.15) is 0 Å². The van der Waals surface area contributed by atoms with Crippen molar-refractivity contribution in [3.63, 3.8) is 0 Å². The second-order valence-corrected chi connectivity index (χ2v) is 2.84. The molecular weight excluding hydrogens is 172 g/mol. The lowest BCUT2D eigenvalue weighted by Gasteiger charge is -2.03. The molecule has 0 spiro atoms. The molecule has 4 heteroatoms. The fourth-order valence-electron chi connectivity index (χ4n) is 0.885. The highest BCUT2D eigenvalue weighted by Gasteiger charge is 2.01. The van der Waals surface area contributed by atoms with Gasteiger partial charge in [0, 0.05) is 17.3 Å². The van der Waals surface area contributed by atoms with Gasteiger partial charge in [-0.3, -0.25) is 0 Å². The number of nitrogens with zero attached hydrogens (tertiary/aromatic N) is 1. The zero-order chi connectivity index (χ0) is 9.14. The Morgan fingerprint density at radius 2 is 2.25 bits per heavy atom. The summed E-state index contributed by atoms with van der Waals surface area (Å²) in [7, 11) is 1.56. The Kier molecular flexibility index (Phi) is 2.60. The first-order valence-electron chi connectivity index (χ1n) is 3.46. The molecule has 64 valence electrons. The van der Waals surface area contributed by atoms with Crippen LogP contribution in [0.5, 0.6) is 5.88 Å². The molecule has 0 aliphatic carbocycles. The molecule has 0 aliphatic rings. The molecule has 0 aromatic carbocycles. The van der Waals surface area contributed by atoms with E-state index in [1.807, 2.05) is 13.0 Å². The first-order valence-corrected chi connectivity index (χ1v) is 3.87. The Bertz CT molecular complexity index is 312. The summed E-state index contributed by atoms with van der Waals surface area (Å²) in [4.78, 5) is 4.46. The molecule has 0 atom stereocenters. The zero-order valence-electron chi connectivity index (χ0n) is 7.00. The van der Waals surface area contributed by atoms with Crippen LogP contribution in [0, 0.1) is 6.92 Å². The van der Waals surface area contributed by atoms with Gasteiger partial charge in [0.05, 0.1) is 7.11 Å². The Balaban J connectivity index is 3.15. The monoisotopic (exact) mass is 182 g/mol. The summed E-state index contributed by atoms with van der Waals surface area (Å²) < 4.78 is 4.96. The molecule has 0 bridgehead atoms. The standard InChI is InChI=1S/C8H10N2OS/c1-5-3-6(8(9)12)4-7(10-5)11-2/h3-4H,1-2H3,(H2,9,12). The van der Waals surface area contributed by atoms with Crippen molar-refractivity contribution in [3.8, 4) is 5.88 Å². The smallest absolute Gasteiger partial charge is 0.213 e. The molecular formula is C8H10N2OS. The molecule has 0 saturated heterocycles. The third-order valence-electron chi connectivity index (χ3n) is 1.42. The van der Waals surface area contributed by atoms with Crippen molar-refractivity contribution in [2.45, 2.75) is 6.92 Å². The van der Waals surface area contributed by atoms with Crippen molar-refractivity contribution in [1.29, 1.82) is 0 Å². The van der Waals surface area contributed by atoms with E-state index < -0.39 is 0 Å². The van der Waals surface area contributed by atoms with Gasteiger partial charge in [-0.15, -0.1) is 0 Å². The third kappa shape index (κ3) is 1.92. The topological polar surface area (TPSA) is 48.1 Å². The maximum atomic E-state index is 5.45. The summed E-state index contributed by atoms with van der Waals surface area (Å²) in [5.41, 5.74) is 7.09. The van der Waals surface area contributed by atoms with Gasteiger partial charge in [-0.1, -0.05) is 12.2 Å². The molecule has 2 N–H and O–H groups in total. The number of aromatic nitrogens is 1. The molecule has 0 amide bonds. The van der Waals surface area contributed by atoms with Crippen LogP contribution < -0.4 is 10.5 Å². The van der Waals surface area contributed by atoms with E-state index in [0.29, 0.717) is 10.9 Å². The molecule has 0 aliphatic heterocycles. The Morgan fingerprint density at radius 1 is 1.58 bits per heavy atom. The minimum atomic E-state index is 0.360. The lowest BCUT2D eigenvalue weighted by molar-refractivity contribution is 0.397. The van der Waals surface area contributed by atoms with Crippen LogP contribution in [0.2, 0.25) is 0 Å². The average Bonchev–Trinajstić information content (AvgIpc) is 2.03. The van der Waals surface area contributed by atoms with Crippen molar-refractivity contribution in [3.05, 3.63) is 23.4 Å². The van der Waals surface area contributed by atoms with E-state index in [1.54, 1.807) is 13.2 Å². The summed E-state index contributed by atoms with van der Waals surface area (Å²) in [5, 5.41) is 0. The SMILES string of the molecule is COc1cc(C(N)=S)cc(C)n1. The number of hydrogen-bond acceptors (Lipinski definition) is 3. The van der Waals surface area contributed by atoms with Crippen LogP contribution in [0.1, 0.15) is 11.3 Å². The molecule has 1 aromatic rings. The number of hydrogen-bond donors (Lipinski definition) is 1. The number of thiocarbonyl (C=S) groups is 1. The average molecular weight is 182 g/mol. The second-order valence-electron chi connectivity index (χ2n) is 2.40. The van der Waals surface area contributed by atoms with Gasteiger partial charge in [0.25, 0.3) is 0 Å². The molecule has 1 rings (SSSR count). The number of rotatable bonds is 2. The van der Waals surface area contributed by atoms with E-state index >= 15 is 0 Å². The number of methoxy groups -OCH3 is 1. The zero-order valence-corrected chi connectivity index (χ0v) is 7.81. The third-order valence-corrected chi connectivity index (χ3v) is 1.66. The second kappa shape index (κ2) is 3.49. The number of pyridine rings is 1. The van der Waals surface area contributed by atoms with Crippen molar-refractivity contribution in [2.75, 3.05) is 7.11 Å². The summed E-state index contributed by atoms with van der Waals surface area (Å²) in [6.07, 6.45) is 0. The van der Waals surface area contributed by atoms with Crippen molar-refractivity contribution in [1.82, 2.24) is 4.98 Å². The quantitative estimate of drug-likeness (QED) is 0.694. The van der Waals surface area contributed by atoms with E-state index in [0.717, 1.165) is 11.3 Å². The summed E-state index contributed by atoms with van der Waals surface area (Å²) >= 11 is 4.82. The molecule has 0 fully saturated rings. The molecule has 1 heterocycles.